The zero-order valence-corrected chi connectivity index (χ0v) is 12.1. The summed E-state index contributed by atoms with van der Waals surface area (Å²) in [5.41, 5.74) is 1.17. The number of halogens is 2. The molecule has 0 N–H and O–H groups in total. The summed E-state index contributed by atoms with van der Waals surface area (Å²) in [7, 11) is 3.58. The van der Waals surface area contributed by atoms with Crippen molar-refractivity contribution in [2.24, 2.45) is 5.92 Å². The molecule has 0 saturated carbocycles. The lowest BCUT2D eigenvalue weighted by molar-refractivity contribution is -0.117. The van der Waals surface area contributed by atoms with Crippen LogP contribution in [0.4, 0.5) is 15.8 Å². The van der Waals surface area contributed by atoms with Gasteiger partial charge in [-0.2, -0.15) is 0 Å². The summed E-state index contributed by atoms with van der Waals surface area (Å²) >= 11 is 3.39. The summed E-state index contributed by atoms with van der Waals surface area (Å²) in [5, 5.41) is 0.799. The molecule has 1 fully saturated rings. The van der Waals surface area contributed by atoms with Crippen LogP contribution >= 0.6 is 15.9 Å². The average Bonchev–Trinajstić information content (AvgIpc) is 2.70. The average molecular weight is 315 g/mol. The minimum Gasteiger partial charge on any atom is -0.375 e. The predicted octanol–water partition coefficient (Wildman–Crippen LogP) is 2.64. The molecule has 0 aromatic heterocycles. The van der Waals surface area contributed by atoms with Crippen molar-refractivity contribution in [2.45, 2.75) is 6.42 Å². The Kier molecular flexibility index (Phi) is 3.90. The molecular weight excluding hydrogens is 299 g/mol. The third kappa shape index (κ3) is 2.51. The fourth-order valence-corrected chi connectivity index (χ4v) is 2.59. The first-order chi connectivity index (χ1) is 8.52. The van der Waals surface area contributed by atoms with Crippen molar-refractivity contribution >= 4 is 33.2 Å². The first-order valence-corrected chi connectivity index (χ1v) is 6.98. The normalized spacial score (nSPS) is 19.4. The van der Waals surface area contributed by atoms with Crippen LogP contribution in [0.5, 0.6) is 0 Å². The number of anilines is 2. The van der Waals surface area contributed by atoms with Crippen molar-refractivity contribution in [3.8, 4) is 0 Å². The number of amides is 1. The van der Waals surface area contributed by atoms with Gasteiger partial charge in [0.1, 0.15) is 5.82 Å². The number of alkyl halides is 1. The molecular formula is C13H16BrFN2O. The highest BCUT2D eigenvalue weighted by Crippen LogP contribution is 2.29. The van der Waals surface area contributed by atoms with E-state index >= 15 is 0 Å². The molecule has 18 heavy (non-hydrogen) atoms. The highest BCUT2D eigenvalue weighted by molar-refractivity contribution is 9.09. The van der Waals surface area contributed by atoms with E-state index < -0.39 is 0 Å². The fraction of sp³-hybridized carbons (Fsp3) is 0.462. The molecule has 1 unspecified atom stereocenters. The summed E-state index contributed by atoms with van der Waals surface area (Å²) in [4.78, 5) is 15.2. The van der Waals surface area contributed by atoms with Gasteiger partial charge in [0.15, 0.2) is 0 Å². The molecule has 0 aliphatic carbocycles. The van der Waals surface area contributed by atoms with Crippen molar-refractivity contribution in [3.05, 3.63) is 24.0 Å². The molecule has 0 bridgehead atoms. The third-order valence-corrected chi connectivity index (χ3v) is 4.06. The van der Waals surface area contributed by atoms with Crippen molar-refractivity contribution in [3.63, 3.8) is 0 Å². The van der Waals surface area contributed by atoms with Crippen molar-refractivity contribution in [1.29, 1.82) is 0 Å². The number of carbonyl (C=O) groups is 1. The van der Waals surface area contributed by atoms with Crippen LogP contribution in [0.25, 0.3) is 0 Å². The molecule has 5 heteroatoms. The molecule has 1 atom stereocenters. The van der Waals surface area contributed by atoms with E-state index in [0.29, 0.717) is 30.3 Å². The van der Waals surface area contributed by atoms with Crippen LogP contribution in [0.15, 0.2) is 18.2 Å². The summed E-state index contributed by atoms with van der Waals surface area (Å²) in [6.07, 6.45) is 0.530. The number of hydrogen-bond acceptors (Lipinski definition) is 2. The molecule has 1 saturated heterocycles. The Morgan fingerprint density at radius 3 is 2.72 bits per heavy atom. The second-order valence-electron chi connectivity index (χ2n) is 4.76. The van der Waals surface area contributed by atoms with Gasteiger partial charge in [-0.05, 0) is 24.1 Å². The standard InChI is InChI=1S/C13H16BrFN2O/c1-16(2)12-4-3-10(6-11(12)15)17-8-9(7-14)5-13(17)18/h3-4,6,9H,5,7-8H2,1-2H3. The quantitative estimate of drug-likeness (QED) is 0.801. The maximum Gasteiger partial charge on any atom is 0.227 e. The third-order valence-electron chi connectivity index (χ3n) is 3.15. The number of hydrogen-bond donors (Lipinski definition) is 0. The smallest absolute Gasteiger partial charge is 0.227 e. The summed E-state index contributed by atoms with van der Waals surface area (Å²) in [6.45, 7) is 0.658. The number of carbonyl (C=O) groups excluding carboxylic acids is 1. The van der Waals surface area contributed by atoms with Gasteiger partial charge in [-0.15, -0.1) is 0 Å². The van der Waals surface area contributed by atoms with Crippen molar-refractivity contribution < 1.29 is 9.18 Å². The lowest BCUT2D eigenvalue weighted by Crippen LogP contribution is -2.25. The van der Waals surface area contributed by atoms with Gasteiger partial charge in [-0.1, -0.05) is 15.9 Å². The van der Waals surface area contributed by atoms with Gasteiger partial charge < -0.3 is 9.80 Å². The second-order valence-corrected chi connectivity index (χ2v) is 5.41. The maximum absolute atomic E-state index is 13.9. The van der Waals surface area contributed by atoms with Crippen molar-refractivity contribution in [2.75, 3.05) is 35.8 Å². The second kappa shape index (κ2) is 5.26. The minimum absolute atomic E-state index is 0.0662. The zero-order chi connectivity index (χ0) is 13.3. The van der Waals surface area contributed by atoms with Gasteiger partial charge in [-0.3, -0.25) is 4.79 Å². The molecule has 1 aliphatic heterocycles. The van der Waals surface area contributed by atoms with Crippen LogP contribution in [-0.2, 0) is 4.79 Å². The Labute approximate surface area is 115 Å². The van der Waals surface area contributed by atoms with E-state index in [1.165, 1.54) is 6.07 Å². The highest BCUT2D eigenvalue weighted by Gasteiger charge is 2.30. The van der Waals surface area contributed by atoms with Gasteiger partial charge in [0.25, 0.3) is 0 Å². The van der Waals surface area contributed by atoms with Gasteiger partial charge >= 0.3 is 0 Å². The zero-order valence-electron chi connectivity index (χ0n) is 10.5. The largest absolute Gasteiger partial charge is 0.375 e. The highest BCUT2D eigenvalue weighted by atomic mass is 79.9. The SMILES string of the molecule is CN(C)c1ccc(N2CC(CBr)CC2=O)cc1F. The molecule has 98 valence electrons. The first kappa shape index (κ1) is 13.3. The van der Waals surface area contributed by atoms with E-state index in [0.717, 1.165) is 5.33 Å². The van der Waals surface area contributed by atoms with E-state index in [4.69, 9.17) is 0 Å². The van der Waals surface area contributed by atoms with Crippen LogP contribution in [-0.4, -0.2) is 31.9 Å². The van der Waals surface area contributed by atoms with Gasteiger partial charge in [0.05, 0.1) is 5.69 Å². The molecule has 1 aromatic carbocycles. The first-order valence-electron chi connectivity index (χ1n) is 5.86. The van der Waals surface area contributed by atoms with Gasteiger partial charge in [-0.25, -0.2) is 4.39 Å². The number of nitrogens with zero attached hydrogens (tertiary/aromatic N) is 2. The topological polar surface area (TPSA) is 23.6 Å². The molecule has 1 amide bonds. The lowest BCUT2D eigenvalue weighted by atomic mass is 10.2. The Morgan fingerprint density at radius 2 is 2.22 bits per heavy atom. The van der Waals surface area contributed by atoms with E-state index in [2.05, 4.69) is 15.9 Å². The van der Waals surface area contributed by atoms with Crippen LogP contribution in [0.2, 0.25) is 0 Å². The Morgan fingerprint density at radius 1 is 1.50 bits per heavy atom. The Balaban J connectivity index is 2.25. The van der Waals surface area contributed by atoms with E-state index in [9.17, 15) is 9.18 Å². The van der Waals surface area contributed by atoms with Crippen molar-refractivity contribution in [1.82, 2.24) is 0 Å². The van der Waals surface area contributed by atoms with Crippen LogP contribution < -0.4 is 9.80 Å². The van der Waals surface area contributed by atoms with E-state index in [1.54, 1.807) is 36.0 Å². The monoisotopic (exact) mass is 314 g/mol. The predicted molar refractivity (Wildman–Crippen MR) is 75.0 cm³/mol. The Hall–Kier alpha value is -1.10. The van der Waals surface area contributed by atoms with Crippen LogP contribution in [0.1, 0.15) is 6.42 Å². The number of benzene rings is 1. The molecule has 1 aromatic rings. The lowest BCUT2D eigenvalue weighted by Gasteiger charge is -2.19. The van der Waals surface area contributed by atoms with Gasteiger partial charge in [0, 0.05) is 38.1 Å². The summed E-state index contributed by atoms with van der Waals surface area (Å²) < 4.78 is 13.9. The molecule has 2 rings (SSSR count). The molecule has 1 heterocycles. The van der Waals surface area contributed by atoms with Crippen LogP contribution in [0.3, 0.4) is 0 Å². The number of rotatable bonds is 3. The van der Waals surface area contributed by atoms with Gasteiger partial charge in [0.2, 0.25) is 5.91 Å². The molecule has 3 nitrogen and oxygen atoms in total. The van der Waals surface area contributed by atoms with E-state index in [-0.39, 0.29) is 11.7 Å². The fourth-order valence-electron chi connectivity index (χ4n) is 2.16. The maximum atomic E-state index is 13.9. The molecule has 0 spiro atoms. The minimum atomic E-state index is -0.299. The van der Waals surface area contributed by atoms with E-state index in [1.807, 2.05) is 0 Å². The summed E-state index contributed by atoms with van der Waals surface area (Å²) in [6, 6.07) is 4.94. The summed E-state index contributed by atoms with van der Waals surface area (Å²) in [5.74, 6) is 0.0816. The Bertz CT molecular complexity index is 464. The van der Waals surface area contributed by atoms with Crippen LogP contribution in [0, 0.1) is 11.7 Å². The molecule has 1 aliphatic rings. The molecule has 0 radical (unpaired) electrons.